The lowest BCUT2D eigenvalue weighted by Gasteiger charge is -2.35. The average Bonchev–Trinajstić information content (AvgIpc) is 2.56. The predicted octanol–water partition coefficient (Wildman–Crippen LogP) is 4.91. The first-order valence-corrected chi connectivity index (χ1v) is 9.66. The summed E-state index contributed by atoms with van der Waals surface area (Å²) in [6, 6.07) is 9.03. The highest BCUT2D eigenvalue weighted by molar-refractivity contribution is 5.76. The molecular weight excluding hydrogens is 320 g/mol. The van der Waals surface area contributed by atoms with Gasteiger partial charge in [-0.2, -0.15) is 0 Å². The lowest BCUT2D eigenvalue weighted by atomic mass is 10.0. The second-order valence-corrected chi connectivity index (χ2v) is 7.88. The van der Waals surface area contributed by atoms with E-state index in [1.165, 1.54) is 11.1 Å². The van der Waals surface area contributed by atoms with Crippen LogP contribution in [0.25, 0.3) is 0 Å². The smallest absolute Gasteiger partial charge is 0.222 e. The first-order valence-electron chi connectivity index (χ1n) is 9.66. The van der Waals surface area contributed by atoms with Gasteiger partial charge in [-0.3, -0.25) is 9.69 Å². The third kappa shape index (κ3) is 7.74. The van der Waals surface area contributed by atoms with Gasteiger partial charge in [-0.1, -0.05) is 51.1 Å². The van der Waals surface area contributed by atoms with Crippen LogP contribution in [0.15, 0.2) is 36.4 Å². The quantitative estimate of drug-likeness (QED) is 0.616. The fourth-order valence-electron chi connectivity index (χ4n) is 3.37. The summed E-state index contributed by atoms with van der Waals surface area (Å²) in [5, 5.41) is 0. The van der Waals surface area contributed by atoms with E-state index in [2.05, 4.69) is 49.6 Å². The molecule has 0 radical (unpaired) electrons. The Hall–Kier alpha value is -1.61. The number of hydrogen-bond donors (Lipinski definition) is 0. The number of amides is 1. The number of benzene rings is 1. The summed E-state index contributed by atoms with van der Waals surface area (Å²) in [4.78, 5) is 16.7. The molecule has 0 bridgehead atoms. The minimum Gasteiger partial charge on any atom is -0.340 e. The van der Waals surface area contributed by atoms with Crippen LogP contribution in [0.2, 0.25) is 0 Å². The van der Waals surface area contributed by atoms with E-state index in [0.29, 0.717) is 18.2 Å². The lowest BCUT2D eigenvalue weighted by molar-refractivity contribution is -0.133. The van der Waals surface area contributed by atoms with E-state index in [1.807, 2.05) is 11.8 Å². The van der Waals surface area contributed by atoms with Gasteiger partial charge in [-0.05, 0) is 43.2 Å². The molecule has 0 aliphatic carbocycles. The second kappa shape index (κ2) is 11.2. The van der Waals surface area contributed by atoms with Crippen molar-refractivity contribution in [3.05, 3.63) is 47.5 Å². The zero-order valence-electron chi connectivity index (χ0n) is 16.3. The summed E-state index contributed by atoms with van der Waals surface area (Å²) in [7, 11) is 0. The molecule has 1 amide bonds. The number of piperazine rings is 1. The summed E-state index contributed by atoms with van der Waals surface area (Å²) in [5.41, 5.74) is 3.95. The summed E-state index contributed by atoms with van der Waals surface area (Å²) >= 11 is 0. The van der Waals surface area contributed by atoms with Crippen molar-refractivity contribution in [2.75, 3.05) is 26.2 Å². The normalized spacial score (nSPS) is 15.0. The SMILES string of the molecule is C.C=C(C)CCCC(=O)N1CCN(Cc2ccc(CC(C)C)cc2)CC1. The molecule has 1 aromatic carbocycles. The third-order valence-electron chi connectivity index (χ3n) is 4.79. The summed E-state index contributed by atoms with van der Waals surface area (Å²) in [6.45, 7) is 15.1. The molecular formula is C23H38N2O. The summed E-state index contributed by atoms with van der Waals surface area (Å²) < 4.78 is 0. The van der Waals surface area contributed by atoms with Crippen molar-refractivity contribution in [3.63, 3.8) is 0 Å². The maximum Gasteiger partial charge on any atom is 0.222 e. The van der Waals surface area contributed by atoms with Crippen molar-refractivity contribution in [3.8, 4) is 0 Å². The van der Waals surface area contributed by atoms with Gasteiger partial charge in [0, 0.05) is 39.1 Å². The summed E-state index contributed by atoms with van der Waals surface area (Å²) in [5.74, 6) is 1.01. The fourth-order valence-corrected chi connectivity index (χ4v) is 3.37. The molecule has 3 nitrogen and oxygen atoms in total. The first-order chi connectivity index (χ1) is 11.9. The molecule has 146 valence electrons. The van der Waals surface area contributed by atoms with Crippen LogP contribution in [0.3, 0.4) is 0 Å². The monoisotopic (exact) mass is 358 g/mol. The number of rotatable bonds is 8. The van der Waals surface area contributed by atoms with Crippen molar-refractivity contribution < 1.29 is 4.79 Å². The van der Waals surface area contributed by atoms with Gasteiger partial charge in [0.05, 0.1) is 0 Å². The van der Waals surface area contributed by atoms with E-state index in [-0.39, 0.29) is 7.43 Å². The van der Waals surface area contributed by atoms with Gasteiger partial charge in [0.25, 0.3) is 0 Å². The number of nitrogens with zero attached hydrogens (tertiary/aromatic N) is 2. The van der Waals surface area contributed by atoms with Gasteiger partial charge in [0.2, 0.25) is 5.91 Å². The highest BCUT2D eigenvalue weighted by Gasteiger charge is 2.20. The Morgan fingerprint density at radius 2 is 1.62 bits per heavy atom. The van der Waals surface area contributed by atoms with Crippen LogP contribution >= 0.6 is 0 Å². The van der Waals surface area contributed by atoms with Crippen LogP contribution in [0.5, 0.6) is 0 Å². The van der Waals surface area contributed by atoms with Crippen molar-refractivity contribution >= 4 is 5.91 Å². The first kappa shape index (κ1) is 22.4. The molecule has 1 aliphatic heterocycles. The van der Waals surface area contributed by atoms with E-state index in [9.17, 15) is 4.79 Å². The van der Waals surface area contributed by atoms with E-state index in [1.54, 1.807) is 0 Å². The van der Waals surface area contributed by atoms with Gasteiger partial charge in [-0.15, -0.1) is 6.58 Å². The molecule has 0 spiro atoms. The van der Waals surface area contributed by atoms with Gasteiger partial charge >= 0.3 is 0 Å². The van der Waals surface area contributed by atoms with Gasteiger partial charge < -0.3 is 4.90 Å². The molecule has 0 unspecified atom stereocenters. The molecule has 1 aromatic rings. The standard InChI is InChI=1S/C22H34N2O.CH4/c1-18(2)6-5-7-22(25)24-14-12-23(13-15-24)17-21-10-8-20(9-11-21)16-19(3)4;/h8-11,19H,1,5-7,12-17H2,2-4H3;1H4. The Kier molecular flexibility index (Phi) is 9.64. The molecule has 26 heavy (non-hydrogen) atoms. The number of carbonyl (C=O) groups excluding carboxylic acids is 1. The zero-order valence-corrected chi connectivity index (χ0v) is 16.3. The Balaban J connectivity index is 0.00000338. The van der Waals surface area contributed by atoms with Crippen molar-refractivity contribution in [1.29, 1.82) is 0 Å². The molecule has 0 atom stereocenters. The zero-order chi connectivity index (χ0) is 18.2. The largest absolute Gasteiger partial charge is 0.340 e. The van der Waals surface area contributed by atoms with E-state index in [4.69, 9.17) is 0 Å². The fraction of sp³-hybridized carbons (Fsp3) is 0.609. The molecule has 2 rings (SSSR count). The minimum absolute atomic E-state index is 0. The Bertz CT molecular complexity index is 554. The van der Waals surface area contributed by atoms with Crippen LogP contribution in [0.1, 0.15) is 58.6 Å². The molecule has 0 saturated carbocycles. The van der Waals surface area contributed by atoms with E-state index in [0.717, 1.165) is 57.6 Å². The van der Waals surface area contributed by atoms with Crippen LogP contribution in [0, 0.1) is 5.92 Å². The maximum atomic E-state index is 12.2. The Labute approximate surface area is 161 Å². The molecule has 0 N–H and O–H groups in total. The molecule has 1 saturated heterocycles. The van der Waals surface area contributed by atoms with Crippen LogP contribution in [0.4, 0.5) is 0 Å². The second-order valence-electron chi connectivity index (χ2n) is 7.88. The highest BCUT2D eigenvalue weighted by Crippen LogP contribution is 2.14. The third-order valence-corrected chi connectivity index (χ3v) is 4.79. The van der Waals surface area contributed by atoms with Crippen LogP contribution in [-0.4, -0.2) is 41.9 Å². The molecule has 1 heterocycles. The molecule has 0 aromatic heterocycles. The Morgan fingerprint density at radius 1 is 1.04 bits per heavy atom. The lowest BCUT2D eigenvalue weighted by Crippen LogP contribution is -2.48. The van der Waals surface area contributed by atoms with Gasteiger partial charge in [0.15, 0.2) is 0 Å². The molecule has 3 heteroatoms. The van der Waals surface area contributed by atoms with Gasteiger partial charge in [0.1, 0.15) is 0 Å². The predicted molar refractivity (Wildman–Crippen MR) is 112 cm³/mol. The van der Waals surface area contributed by atoms with E-state index < -0.39 is 0 Å². The Morgan fingerprint density at radius 3 is 2.15 bits per heavy atom. The number of hydrogen-bond acceptors (Lipinski definition) is 2. The van der Waals surface area contributed by atoms with Crippen molar-refractivity contribution in [2.24, 2.45) is 5.92 Å². The maximum absolute atomic E-state index is 12.2. The number of allylic oxidation sites excluding steroid dienone is 1. The van der Waals surface area contributed by atoms with Crippen molar-refractivity contribution in [2.45, 2.75) is 60.4 Å². The highest BCUT2D eigenvalue weighted by atomic mass is 16.2. The van der Waals surface area contributed by atoms with E-state index >= 15 is 0 Å². The van der Waals surface area contributed by atoms with Crippen LogP contribution < -0.4 is 0 Å². The van der Waals surface area contributed by atoms with Crippen molar-refractivity contribution in [1.82, 2.24) is 9.80 Å². The topological polar surface area (TPSA) is 23.6 Å². The van der Waals surface area contributed by atoms with Gasteiger partial charge in [-0.25, -0.2) is 0 Å². The number of carbonyl (C=O) groups is 1. The molecule has 1 aliphatic rings. The summed E-state index contributed by atoms with van der Waals surface area (Å²) in [6.07, 6.45) is 3.69. The molecule has 1 fully saturated rings. The average molecular weight is 359 g/mol. The minimum atomic E-state index is 0. The van der Waals surface area contributed by atoms with Crippen LogP contribution in [-0.2, 0) is 17.8 Å².